The van der Waals surface area contributed by atoms with Crippen LogP contribution in [0.25, 0.3) is 11.2 Å². The first-order valence-electron chi connectivity index (χ1n) is 5.93. The van der Waals surface area contributed by atoms with Crippen molar-refractivity contribution in [1.29, 1.82) is 0 Å². The summed E-state index contributed by atoms with van der Waals surface area (Å²) in [6.07, 6.45) is 0.629. The van der Waals surface area contributed by atoms with Crippen molar-refractivity contribution in [2.45, 2.75) is 19.1 Å². The second kappa shape index (κ2) is 4.12. The molecule has 2 aromatic rings. The third kappa shape index (κ3) is 1.61. The fourth-order valence-electron chi connectivity index (χ4n) is 2.35. The lowest BCUT2D eigenvalue weighted by Crippen LogP contribution is -2.37. The van der Waals surface area contributed by atoms with Gasteiger partial charge in [0, 0.05) is 20.0 Å². The summed E-state index contributed by atoms with van der Waals surface area (Å²) in [5.74, 6) is 0.490. The van der Waals surface area contributed by atoms with Crippen molar-refractivity contribution in [2.24, 2.45) is 14.1 Å². The second-order valence-electron chi connectivity index (χ2n) is 4.60. The van der Waals surface area contributed by atoms with Gasteiger partial charge in [0.2, 0.25) is 0 Å². The Morgan fingerprint density at radius 2 is 2.11 bits per heavy atom. The molecule has 0 spiro atoms. The minimum absolute atomic E-state index is 0.0636. The van der Waals surface area contributed by atoms with Crippen LogP contribution in [0.15, 0.2) is 9.59 Å². The van der Waals surface area contributed by atoms with Crippen LogP contribution in [0.4, 0.5) is 0 Å². The quantitative estimate of drug-likeness (QED) is 0.718. The Hall–Kier alpha value is -1.76. The second-order valence-corrected chi connectivity index (χ2v) is 4.98. The molecule has 0 saturated heterocycles. The number of aryl methyl sites for hydroxylation is 1. The summed E-state index contributed by atoms with van der Waals surface area (Å²) in [7, 11) is 3.04. The summed E-state index contributed by atoms with van der Waals surface area (Å²) in [5, 5.41) is 0. The lowest BCUT2D eigenvalue weighted by molar-refractivity contribution is 0.221. The molecular formula is C11H13ClN4O3. The van der Waals surface area contributed by atoms with E-state index >= 15 is 0 Å². The molecule has 1 atom stereocenters. The predicted octanol–water partition coefficient (Wildman–Crippen LogP) is -0.176. The summed E-state index contributed by atoms with van der Waals surface area (Å²) in [6.45, 7) is 0.534. The van der Waals surface area contributed by atoms with Gasteiger partial charge in [0.1, 0.15) is 6.10 Å². The molecule has 1 aliphatic heterocycles. The third-order valence-electron chi connectivity index (χ3n) is 3.40. The van der Waals surface area contributed by atoms with Crippen LogP contribution in [-0.2, 0) is 20.6 Å². The zero-order chi connectivity index (χ0) is 13.7. The smallest absolute Gasteiger partial charge is 0.332 e. The van der Waals surface area contributed by atoms with Crippen LogP contribution in [0.2, 0.25) is 0 Å². The number of fused-ring (bicyclic) bond motifs is 3. The Morgan fingerprint density at radius 1 is 1.37 bits per heavy atom. The topological polar surface area (TPSA) is 71.0 Å². The van der Waals surface area contributed by atoms with E-state index in [4.69, 9.17) is 16.3 Å². The molecule has 3 heterocycles. The van der Waals surface area contributed by atoms with Crippen LogP contribution in [0, 0.1) is 0 Å². The van der Waals surface area contributed by atoms with Gasteiger partial charge in [0.05, 0.1) is 6.54 Å². The van der Waals surface area contributed by atoms with Gasteiger partial charge in [-0.25, -0.2) is 4.79 Å². The highest BCUT2D eigenvalue weighted by Crippen LogP contribution is 2.26. The van der Waals surface area contributed by atoms with Crippen LogP contribution >= 0.6 is 11.6 Å². The fraction of sp³-hybridized carbons (Fsp3) is 0.545. The molecule has 0 unspecified atom stereocenters. The van der Waals surface area contributed by atoms with Gasteiger partial charge in [0.15, 0.2) is 11.2 Å². The standard InChI is InChI=1S/C11H13ClN4O3/c1-14-8-7(9(17)15(2)11(14)18)16-5-6(3-4-12)19-10(16)13-8/h6H,3-5H2,1-2H3/t6-/m0/s1. The Labute approximate surface area is 113 Å². The maximum atomic E-state index is 12.2. The highest BCUT2D eigenvalue weighted by Gasteiger charge is 2.29. The molecule has 3 rings (SSSR count). The largest absolute Gasteiger partial charge is 0.459 e. The molecule has 0 saturated carbocycles. The van der Waals surface area contributed by atoms with E-state index in [9.17, 15) is 9.59 Å². The van der Waals surface area contributed by atoms with E-state index in [0.717, 1.165) is 4.57 Å². The van der Waals surface area contributed by atoms with Crippen molar-refractivity contribution < 1.29 is 4.74 Å². The van der Waals surface area contributed by atoms with Gasteiger partial charge in [-0.1, -0.05) is 0 Å². The fourth-order valence-corrected chi connectivity index (χ4v) is 2.59. The Bertz CT molecular complexity index is 773. The molecule has 0 N–H and O–H groups in total. The first-order chi connectivity index (χ1) is 9.04. The van der Waals surface area contributed by atoms with E-state index in [0.29, 0.717) is 36.0 Å². The number of aromatic nitrogens is 4. The highest BCUT2D eigenvalue weighted by molar-refractivity contribution is 6.17. The van der Waals surface area contributed by atoms with Crippen molar-refractivity contribution in [3.63, 3.8) is 0 Å². The van der Waals surface area contributed by atoms with Gasteiger partial charge < -0.3 is 4.74 Å². The van der Waals surface area contributed by atoms with Gasteiger partial charge in [-0.05, 0) is 6.42 Å². The normalized spacial score (nSPS) is 17.7. The lowest BCUT2D eigenvalue weighted by Gasteiger charge is -2.07. The lowest BCUT2D eigenvalue weighted by atomic mass is 10.3. The maximum absolute atomic E-state index is 12.2. The van der Waals surface area contributed by atoms with Crippen molar-refractivity contribution >= 4 is 22.8 Å². The molecule has 1 aliphatic rings. The third-order valence-corrected chi connectivity index (χ3v) is 3.62. The molecule has 7 nitrogen and oxygen atoms in total. The van der Waals surface area contributed by atoms with E-state index < -0.39 is 5.69 Å². The number of halogens is 1. The zero-order valence-corrected chi connectivity index (χ0v) is 11.3. The molecule has 2 aromatic heterocycles. The molecule has 0 aliphatic carbocycles. The Balaban J connectivity index is 2.26. The molecule has 0 fully saturated rings. The average molecular weight is 285 g/mol. The number of alkyl halides is 1. The summed E-state index contributed by atoms with van der Waals surface area (Å²) in [5.41, 5.74) is 0.00245. The SMILES string of the molecule is Cn1c(=O)c2c(nc3n2C[C@H](CCCl)O3)n(C)c1=O. The first-order valence-corrected chi connectivity index (χ1v) is 6.47. The molecule has 0 radical (unpaired) electrons. The highest BCUT2D eigenvalue weighted by atomic mass is 35.5. The van der Waals surface area contributed by atoms with E-state index in [1.807, 2.05) is 0 Å². The first kappa shape index (κ1) is 12.3. The Kier molecular flexibility index (Phi) is 2.67. The van der Waals surface area contributed by atoms with E-state index in [-0.39, 0.29) is 11.7 Å². The maximum Gasteiger partial charge on any atom is 0.332 e. The van der Waals surface area contributed by atoms with Crippen molar-refractivity contribution in [1.82, 2.24) is 18.7 Å². The number of rotatable bonds is 2. The molecule has 0 bridgehead atoms. The van der Waals surface area contributed by atoms with Crippen LogP contribution in [0.5, 0.6) is 6.01 Å². The van der Waals surface area contributed by atoms with Crippen LogP contribution in [0.1, 0.15) is 6.42 Å². The van der Waals surface area contributed by atoms with Gasteiger partial charge in [-0.15, -0.1) is 11.6 Å². The molecule has 0 aromatic carbocycles. The molecular weight excluding hydrogens is 272 g/mol. The summed E-state index contributed by atoms with van der Waals surface area (Å²) >= 11 is 5.69. The van der Waals surface area contributed by atoms with Crippen LogP contribution in [0.3, 0.4) is 0 Å². The van der Waals surface area contributed by atoms with Crippen molar-refractivity contribution in [3.8, 4) is 6.01 Å². The number of ether oxygens (including phenoxy) is 1. The zero-order valence-electron chi connectivity index (χ0n) is 10.6. The Morgan fingerprint density at radius 3 is 2.79 bits per heavy atom. The summed E-state index contributed by atoms with van der Waals surface area (Å²) < 4.78 is 9.77. The molecule has 8 heteroatoms. The number of hydrogen-bond donors (Lipinski definition) is 0. The van der Waals surface area contributed by atoms with Gasteiger partial charge >= 0.3 is 5.69 Å². The number of hydrogen-bond acceptors (Lipinski definition) is 4. The van der Waals surface area contributed by atoms with Crippen LogP contribution in [-0.4, -0.2) is 30.7 Å². The number of nitrogens with zero attached hydrogens (tertiary/aromatic N) is 4. The van der Waals surface area contributed by atoms with Crippen molar-refractivity contribution in [3.05, 3.63) is 20.8 Å². The predicted molar refractivity (Wildman–Crippen MR) is 70.0 cm³/mol. The number of imidazole rings is 1. The van der Waals surface area contributed by atoms with E-state index in [1.165, 1.54) is 11.6 Å². The van der Waals surface area contributed by atoms with E-state index in [2.05, 4.69) is 4.98 Å². The summed E-state index contributed by atoms with van der Waals surface area (Å²) in [6, 6.07) is 0.378. The van der Waals surface area contributed by atoms with Gasteiger partial charge in [-0.2, -0.15) is 4.98 Å². The van der Waals surface area contributed by atoms with Crippen molar-refractivity contribution in [2.75, 3.05) is 5.88 Å². The monoisotopic (exact) mass is 284 g/mol. The molecule has 19 heavy (non-hydrogen) atoms. The minimum Gasteiger partial charge on any atom is -0.459 e. The van der Waals surface area contributed by atoms with Crippen LogP contribution < -0.4 is 16.0 Å². The van der Waals surface area contributed by atoms with E-state index in [1.54, 1.807) is 11.6 Å². The van der Waals surface area contributed by atoms with Gasteiger partial charge in [0.25, 0.3) is 11.6 Å². The van der Waals surface area contributed by atoms with Gasteiger partial charge in [-0.3, -0.25) is 18.5 Å². The molecule has 0 amide bonds. The summed E-state index contributed by atoms with van der Waals surface area (Å²) in [4.78, 5) is 28.2. The average Bonchev–Trinajstić information content (AvgIpc) is 2.91. The molecule has 102 valence electrons. The minimum atomic E-state index is -0.397.